The third-order valence-corrected chi connectivity index (χ3v) is 5.87. The molecule has 31 heavy (non-hydrogen) atoms. The van der Waals surface area contributed by atoms with Crippen molar-refractivity contribution < 1.29 is 19.1 Å². The highest BCUT2D eigenvalue weighted by Crippen LogP contribution is 2.33. The minimum atomic E-state index is -0.944. The molecular formula is C25H26N2O4. The Labute approximate surface area is 181 Å². The molecule has 0 unspecified atom stereocenters. The second-order valence-corrected chi connectivity index (χ2v) is 8.05. The van der Waals surface area contributed by atoms with Crippen LogP contribution in [0.2, 0.25) is 0 Å². The Hall–Kier alpha value is -3.41. The van der Waals surface area contributed by atoms with Crippen LogP contribution in [0, 0.1) is 0 Å². The Morgan fingerprint density at radius 3 is 2.71 bits per heavy atom. The lowest BCUT2D eigenvalue weighted by molar-refractivity contribution is -0.154. The van der Waals surface area contributed by atoms with Crippen molar-refractivity contribution >= 4 is 29.5 Å². The number of esters is 1. The summed E-state index contributed by atoms with van der Waals surface area (Å²) in [5.41, 5.74) is 5.14. The second-order valence-electron chi connectivity index (χ2n) is 8.05. The number of aryl methyl sites for hydroxylation is 2. The van der Waals surface area contributed by atoms with Crippen LogP contribution in [0.15, 0.2) is 48.7 Å². The molecule has 0 saturated carbocycles. The highest BCUT2D eigenvalue weighted by Gasteiger charge is 2.30. The maximum Gasteiger partial charge on any atom is 0.309 e. The summed E-state index contributed by atoms with van der Waals surface area (Å²) >= 11 is 0. The molecule has 1 aliphatic carbocycles. The van der Waals surface area contributed by atoms with Gasteiger partial charge in [-0.1, -0.05) is 30.3 Å². The topological polar surface area (TPSA) is 75.7 Å². The monoisotopic (exact) mass is 418 g/mol. The molecule has 2 atom stereocenters. The molecule has 0 bridgehead atoms. The van der Waals surface area contributed by atoms with Gasteiger partial charge in [0.15, 0.2) is 6.10 Å². The van der Waals surface area contributed by atoms with E-state index in [9.17, 15) is 14.4 Å². The number of anilines is 1. The standard InChI is InChI=1S/C25H26N2O4/c1-16(25(30)26-21-11-10-18-7-5-8-20(18)14-21)31-24(29)15-23-22-9-4-3-6-19(22)12-13-27(23)17(2)28/h3-4,6,9-14,16,23H,5,7-8,15H2,1-2H3,(H,26,30)/t16-,23+/m0/s1. The van der Waals surface area contributed by atoms with Crippen LogP contribution in [0.25, 0.3) is 6.08 Å². The average Bonchev–Trinajstić information content (AvgIpc) is 3.21. The summed E-state index contributed by atoms with van der Waals surface area (Å²) in [7, 11) is 0. The zero-order chi connectivity index (χ0) is 22.0. The van der Waals surface area contributed by atoms with Crippen molar-refractivity contribution in [1.82, 2.24) is 4.90 Å². The Morgan fingerprint density at radius 1 is 1.13 bits per heavy atom. The van der Waals surface area contributed by atoms with Crippen molar-refractivity contribution in [2.45, 2.75) is 51.7 Å². The fourth-order valence-electron chi connectivity index (χ4n) is 4.26. The van der Waals surface area contributed by atoms with E-state index in [2.05, 4.69) is 5.32 Å². The Bertz CT molecular complexity index is 1060. The van der Waals surface area contributed by atoms with E-state index < -0.39 is 18.1 Å². The van der Waals surface area contributed by atoms with Crippen LogP contribution in [-0.4, -0.2) is 28.8 Å². The lowest BCUT2D eigenvalue weighted by Gasteiger charge is -2.32. The molecule has 160 valence electrons. The van der Waals surface area contributed by atoms with E-state index >= 15 is 0 Å². The number of rotatable bonds is 5. The van der Waals surface area contributed by atoms with Gasteiger partial charge in [0.05, 0.1) is 12.5 Å². The molecule has 6 nitrogen and oxygen atoms in total. The minimum absolute atomic E-state index is 0.0304. The van der Waals surface area contributed by atoms with Gasteiger partial charge in [-0.3, -0.25) is 14.4 Å². The van der Waals surface area contributed by atoms with Gasteiger partial charge in [-0.05, 0) is 66.6 Å². The fraction of sp³-hybridized carbons (Fsp3) is 0.320. The van der Waals surface area contributed by atoms with Crippen LogP contribution in [0.5, 0.6) is 0 Å². The lowest BCUT2D eigenvalue weighted by Crippen LogP contribution is -2.35. The number of hydrogen-bond acceptors (Lipinski definition) is 4. The lowest BCUT2D eigenvalue weighted by atomic mass is 9.94. The zero-order valence-corrected chi connectivity index (χ0v) is 17.8. The molecular weight excluding hydrogens is 392 g/mol. The van der Waals surface area contributed by atoms with Crippen molar-refractivity contribution in [3.63, 3.8) is 0 Å². The molecule has 4 rings (SSSR count). The molecule has 1 aliphatic heterocycles. The predicted octanol–water partition coefficient (Wildman–Crippen LogP) is 4.01. The van der Waals surface area contributed by atoms with Gasteiger partial charge in [0.25, 0.3) is 5.91 Å². The predicted molar refractivity (Wildman–Crippen MR) is 118 cm³/mol. The van der Waals surface area contributed by atoms with Crippen molar-refractivity contribution in [3.8, 4) is 0 Å². The molecule has 2 aromatic rings. The smallest absolute Gasteiger partial charge is 0.309 e. The van der Waals surface area contributed by atoms with Gasteiger partial charge in [-0.2, -0.15) is 0 Å². The van der Waals surface area contributed by atoms with E-state index in [0.29, 0.717) is 5.69 Å². The molecule has 0 spiro atoms. The number of ether oxygens (including phenoxy) is 1. The SMILES string of the molecule is CC(=O)N1C=Cc2ccccc2[C@H]1CC(=O)O[C@@H](C)C(=O)Nc1ccc2c(c1)CCC2. The number of fused-ring (bicyclic) bond motifs is 2. The third-order valence-electron chi connectivity index (χ3n) is 5.87. The van der Waals surface area contributed by atoms with Gasteiger partial charge in [0.1, 0.15) is 0 Å². The first-order chi connectivity index (χ1) is 14.9. The number of amides is 2. The highest BCUT2D eigenvalue weighted by atomic mass is 16.5. The van der Waals surface area contributed by atoms with Crippen molar-refractivity contribution in [2.75, 3.05) is 5.32 Å². The first-order valence-electron chi connectivity index (χ1n) is 10.6. The number of hydrogen-bond donors (Lipinski definition) is 1. The van der Waals surface area contributed by atoms with Gasteiger partial charge in [-0.15, -0.1) is 0 Å². The molecule has 2 aromatic carbocycles. The summed E-state index contributed by atoms with van der Waals surface area (Å²) in [5.74, 6) is -1.07. The maximum atomic E-state index is 12.6. The van der Waals surface area contributed by atoms with E-state index in [1.807, 2.05) is 48.5 Å². The van der Waals surface area contributed by atoms with E-state index in [4.69, 9.17) is 4.74 Å². The van der Waals surface area contributed by atoms with Crippen LogP contribution in [0.1, 0.15) is 55.0 Å². The quantitative estimate of drug-likeness (QED) is 0.745. The molecule has 0 saturated heterocycles. The van der Waals surface area contributed by atoms with Crippen molar-refractivity contribution in [1.29, 1.82) is 0 Å². The summed E-state index contributed by atoms with van der Waals surface area (Å²) in [6, 6.07) is 13.1. The average molecular weight is 418 g/mol. The second kappa shape index (κ2) is 8.76. The summed E-state index contributed by atoms with van der Waals surface area (Å²) in [5, 5.41) is 2.83. The number of carbonyl (C=O) groups is 3. The molecule has 0 aromatic heterocycles. The van der Waals surface area contributed by atoms with Crippen LogP contribution < -0.4 is 5.32 Å². The van der Waals surface area contributed by atoms with Gasteiger partial charge in [-0.25, -0.2) is 0 Å². The Morgan fingerprint density at radius 2 is 1.90 bits per heavy atom. The van der Waals surface area contributed by atoms with E-state index in [-0.39, 0.29) is 18.2 Å². The zero-order valence-electron chi connectivity index (χ0n) is 17.8. The highest BCUT2D eigenvalue weighted by molar-refractivity contribution is 5.95. The van der Waals surface area contributed by atoms with Crippen LogP contribution >= 0.6 is 0 Å². The fourth-order valence-corrected chi connectivity index (χ4v) is 4.26. The summed E-state index contributed by atoms with van der Waals surface area (Å²) in [4.78, 5) is 38.8. The third kappa shape index (κ3) is 4.53. The number of nitrogens with zero attached hydrogens (tertiary/aromatic N) is 1. The van der Waals surface area contributed by atoms with Gasteiger partial charge < -0.3 is 15.0 Å². The molecule has 1 N–H and O–H groups in total. The van der Waals surface area contributed by atoms with Gasteiger partial charge in [0, 0.05) is 18.8 Å². The molecule has 2 amide bonds. The Balaban J connectivity index is 1.39. The largest absolute Gasteiger partial charge is 0.452 e. The maximum absolute atomic E-state index is 12.6. The van der Waals surface area contributed by atoms with Gasteiger partial charge >= 0.3 is 5.97 Å². The summed E-state index contributed by atoms with van der Waals surface area (Å²) in [6.07, 6.45) is 5.80. The molecule has 1 heterocycles. The molecule has 0 fully saturated rings. The number of carbonyl (C=O) groups excluding carboxylic acids is 3. The molecule has 2 aliphatic rings. The number of nitrogens with one attached hydrogen (secondary N) is 1. The Kier molecular flexibility index (Phi) is 5.89. The summed E-state index contributed by atoms with van der Waals surface area (Å²) in [6.45, 7) is 3.02. The van der Waals surface area contributed by atoms with Crippen molar-refractivity contribution in [2.24, 2.45) is 0 Å². The molecule has 6 heteroatoms. The molecule has 0 radical (unpaired) electrons. The van der Waals surface area contributed by atoms with E-state index in [1.54, 1.807) is 13.1 Å². The van der Waals surface area contributed by atoms with E-state index in [0.717, 1.165) is 30.4 Å². The first-order valence-corrected chi connectivity index (χ1v) is 10.6. The van der Waals surface area contributed by atoms with Crippen LogP contribution in [0.4, 0.5) is 5.69 Å². The summed E-state index contributed by atoms with van der Waals surface area (Å²) < 4.78 is 5.41. The number of benzene rings is 2. The minimum Gasteiger partial charge on any atom is -0.452 e. The first kappa shape index (κ1) is 20.8. The van der Waals surface area contributed by atoms with Crippen molar-refractivity contribution in [3.05, 3.63) is 70.9 Å². The van der Waals surface area contributed by atoms with Crippen LogP contribution in [0.3, 0.4) is 0 Å². The van der Waals surface area contributed by atoms with Crippen LogP contribution in [-0.2, 0) is 32.0 Å². The normalized spacial score (nSPS) is 17.5. The van der Waals surface area contributed by atoms with Gasteiger partial charge in [0.2, 0.25) is 5.91 Å². The van der Waals surface area contributed by atoms with E-state index in [1.165, 1.54) is 23.0 Å².